The van der Waals surface area contributed by atoms with Crippen molar-refractivity contribution in [2.75, 3.05) is 0 Å². The van der Waals surface area contributed by atoms with Crippen LogP contribution in [0.15, 0.2) is 73.3 Å². The fraction of sp³-hybridized carbons (Fsp3) is 0.211. The van der Waals surface area contributed by atoms with E-state index < -0.39 is 24.3 Å². The molecule has 1 heterocycles. The number of ether oxygens (including phenoxy) is 1. The number of carbonyl (C=O) groups is 1. The zero-order valence-corrected chi connectivity index (χ0v) is 12.7. The number of aliphatic hydroxyl groups is 1. The van der Waals surface area contributed by atoms with Crippen molar-refractivity contribution in [1.29, 1.82) is 0 Å². The van der Waals surface area contributed by atoms with Crippen molar-refractivity contribution in [2.24, 2.45) is 0 Å². The van der Waals surface area contributed by atoms with Crippen LogP contribution in [0.4, 0.5) is 4.79 Å². The van der Waals surface area contributed by atoms with Crippen LogP contribution in [0.25, 0.3) is 0 Å². The van der Waals surface area contributed by atoms with Crippen molar-refractivity contribution >= 4 is 6.09 Å². The summed E-state index contributed by atoms with van der Waals surface area (Å²) in [7, 11) is 0. The van der Waals surface area contributed by atoms with E-state index in [0.717, 1.165) is 11.1 Å². The van der Waals surface area contributed by atoms with E-state index >= 15 is 0 Å². The van der Waals surface area contributed by atoms with Gasteiger partial charge in [-0.05, 0) is 17.2 Å². The molecule has 2 aromatic rings. The maximum atomic E-state index is 12.2. The van der Waals surface area contributed by atoms with Crippen molar-refractivity contribution in [3.63, 3.8) is 0 Å². The second-order valence-corrected chi connectivity index (χ2v) is 5.54. The molecule has 0 spiro atoms. The number of rotatable bonds is 5. The molecule has 23 heavy (non-hydrogen) atoms. The molecule has 3 atom stereocenters. The molecule has 1 saturated heterocycles. The molecular formula is C19H19NO3. The van der Waals surface area contributed by atoms with Crippen LogP contribution in [0, 0.1) is 0 Å². The summed E-state index contributed by atoms with van der Waals surface area (Å²) in [6.07, 6.45) is -0.241. The molecule has 0 saturated carbocycles. The average molecular weight is 309 g/mol. The second kappa shape index (κ2) is 6.67. The lowest BCUT2D eigenvalue weighted by Crippen LogP contribution is -2.40. The van der Waals surface area contributed by atoms with E-state index in [2.05, 4.69) is 6.58 Å². The second-order valence-electron chi connectivity index (χ2n) is 5.54. The van der Waals surface area contributed by atoms with Gasteiger partial charge in [-0.2, -0.15) is 0 Å². The molecule has 3 rings (SSSR count). The minimum Gasteiger partial charge on any atom is -0.440 e. The quantitative estimate of drug-likeness (QED) is 0.862. The molecule has 0 radical (unpaired) electrons. The summed E-state index contributed by atoms with van der Waals surface area (Å²) < 4.78 is 5.36. The minimum atomic E-state index is -0.839. The van der Waals surface area contributed by atoms with Crippen LogP contribution in [0.3, 0.4) is 0 Å². The Kier molecular flexibility index (Phi) is 4.44. The number of amides is 1. The molecule has 0 aliphatic carbocycles. The van der Waals surface area contributed by atoms with Gasteiger partial charge in [0.2, 0.25) is 0 Å². The molecular weight excluding hydrogens is 290 g/mol. The molecule has 0 unspecified atom stereocenters. The molecule has 4 heteroatoms. The van der Waals surface area contributed by atoms with Crippen LogP contribution in [0.2, 0.25) is 0 Å². The summed E-state index contributed by atoms with van der Waals surface area (Å²) >= 11 is 0. The monoisotopic (exact) mass is 309 g/mol. The highest BCUT2D eigenvalue weighted by molar-refractivity contribution is 5.71. The molecule has 1 aliphatic heterocycles. The van der Waals surface area contributed by atoms with Crippen molar-refractivity contribution in [3.05, 3.63) is 84.4 Å². The molecule has 4 nitrogen and oxygen atoms in total. The van der Waals surface area contributed by atoms with E-state index in [1.807, 2.05) is 60.7 Å². The van der Waals surface area contributed by atoms with Crippen molar-refractivity contribution in [2.45, 2.75) is 24.8 Å². The Labute approximate surface area is 135 Å². The standard InChI is InChI=1S/C19H19NO3/c1-2-16-17(18(21)15-11-7-4-8-12-15)20(19(22)23-16)13-14-9-5-3-6-10-14/h2-12,16-18,21H,1,13H2/t16-,17-,18-/m1/s1. The van der Waals surface area contributed by atoms with Gasteiger partial charge in [-0.3, -0.25) is 4.90 Å². The fourth-order valence-corrected chi connectivity index (χ4v) is 2.89. The van der Waals surface area contributed by atoms with Gasteiger partial charge in [0.25, 0.3) is 0 Å². The highest BCUT2D eigenvalue weighted by Crippen LogP contribution is 2.32. The minimum absolute atomic E-state index is 0.387. The Morgan fingerprint density at radius 1 is 1.13 bits per heavy atom. The number of nitrogens with zero attached hydrogens (tertiary/aromatic N) is 1. The normalized spacial score (nSPS) is 21.8. The SMILES string of the molecule is C=C[C@H]1OC(=O)N(Cc2ccccc2)[C@H]1[C@H](O)c1ccccc1. The molecule has 2 aromatic carbocycles. The number of hydrogen-bond acceptors (Lipinski definition) is 3. The fourth-order valence-electron chi connectivity index (χ4n) is 2.89. The number of carbonyl (C=O) groups excluding carboxylic acids is 1. The first-order valence-electron chi connectivity index (χ1n) is 7.57. The first kappa shape index (κ1) is 15.3. The number of aliphatic hydroxyl groups excluding tert-OH is 1. The van der Waals surface area contributed by atoms with Crippen LogP contribution in [0.1, 0.15) is 17.2 Å². The van der Waals surface area contributed by atoms with Gasteiger partial charge < -0.3 is 9.84 Å². The third kappa shape index (κ3) is 3.12. The van der Waals surface area contributed by atoms with E-state index in [0.29, 0.717) is 6.54 Å². The predicted octanol–water partition coefficient (Wildman–Crippen LogP) is 3.30. The van der Waals surface area contributed by atoms with Crippen LogP contribution in [0.5, 0.6) is 0 Å². The Balaban J connectivity index is 1.89. The van der Waals surface area contributed by atoms with Crippen LogP contribution in [-0.4, -0.2) is 28.2 Å². The molecule has 1 amide bonds. The van der Waals surface area contributed by atoms with Gasteiger partial charge in [0, 0.05) is 6.54 Å². The highest BCUT2D eigenvalue weighted by atomic mass is 16.6. The van der Waals surface area contributed by atoms with E-state index in [1.54, 1.807) is 11.0 Å². The largest absolute Gasteiger partial charge is 0.440 e. The zero-order valence-electron chi connectivity index (χ0n) is 12.7. The summed E-state index contributed by atoms with van der Waals surface area (Å²) in [4.78, 5) is 13.8. The lowest BCUT2D eigenvalue weighted by molar-refractivity contribution is 0.0679. The summed E-state index contributed by atoms with van der Waals surface area (Å²) in [6.45, 7) is 4.12. The summed E-state index contributed by atoms with van der Waals surface area (Å²) in [5.74, 6) is 0. The molecule has 0 aromatic heterocycles. The molecule has 118 valence electrons. The third-order valence-electron chi connectivity index (χ3n) is 4.06. The highest BCUT2D eigenvalue weighted by Gasteiger charge is 2.44. The molecule has 1 N–H and O–H groups in total. The van der Waals surface area contributed by atoms with E-state index in [1.165, 1.54) is 0 Å². The van der Waals surface area contributed by atoms with Crippen LogP contribution >= 0.6 is 0 Å². The number of benzene rings is 2. The number of hydrogen-bond donors (Lipinski definition) is 1. The van der Waals surface area contributed by atoms with Gasteiger partial charge >= 0.3 is 6.09 Å². The molecule has 1 fully saturated rings. The zero-order chi connectivity index (χ0) is 16.2. The van der Waals surface area contributed by atoms with Crippen molar-refractivity contribution < 1.29 is 14.6 Å². The van der Waals surface area contributed by atoms with Gasteiger partial charge in [-0.25, -0.2) is 4.79 Å². The van der Waals surface area contributed by atoms with Gasteiger partial charge in [0.15, 0.2) is 0 Å². The van der Waals surface area contributed by atoms with Crippen LogP contribution in [-0.2, 0) is 11.3 Å². The van der Waals surface area contributed by atoms with E-state index in [-0.39, 0.29) is 0 Å². The van der Waals surface area contributed by atoms with Gasteiger partial charge in [-0.1, -0.05) is 67.2 Å². The van der Waals surface area contributed by atoms with Gasteiger partial charge in [-0.15, -0.1) is 0 Å². The summed E-state index contributed by atoms with van der Waals surface area (Å²) in [5.41, 5.74) is 1.74. The maximum absolute atomic E-state index is 12.2. The third-order valence-corrected chi connectivity index (χ3v) is 4.06. The Hall–Kier alpha value is -2.59. The Morgan fingerprint density at radius 3 is 2.35 bits per heavy atom. The van der Waals surface area contributed by atoms with Gasteiger partial charge in [0.1, 0.15) is 18.2 Å². The average Bonchev–Trinajstić information content (AvgIpc) is 2.92. The lowest BCUT2D eigenvalue weighted by Gasteiger charge is -2.28. The smallest absolute Gasteiger partial charge is 0.411 e. The van der Waals surface area contributed by atoms with Crippen molar-refractivity contribution in [1.82, 2.24) is 4.90 Å². The van der Waals surface area contributed by atoms with Gasteiger partial charge in [0.05, 0.1) is 0 Å². The summed E-state index contributed by atoms with van der Waals surface area (Å²) in [6, 6.07) is 18.5. The first-order chi connectivity index (χ1) is 11.2. The Bertz CT molecular complexity index is 672. The topological polar surface area (TPSA) is 49.8 Å². The summed E-state index contributed by atoms with van der Waals surface area (Å²) in [5, 5.41) is 10.8. The Morgan fingerprint density at radius 2 is 1.74 bits per heavy atom. The first-order valence-corrected chi connectivity index (χ1v) is 7.57. The molecule has 1 aliphatic rings. The lowest BCUT2D eigenvalue weighted by atomic mass is 9.97. The van der Waals surface area contributed by atoms with Crippen molar-refractivity contribution in [3.8, 4) is 0 Å². The van der Waals surface area contributed by atoms with E-state index in [9.17, 15) is 9.90 Å². The number of cyclic esters (lactones) is 1. The predicted molar refractivity (Wildman–Crippen MR) is 87.6 cm³/mol. The maximum Gasteiger partial charge on any atom is 0.411 e. The molecule has 0 bridgehead atoms. The van der Waals surface area contributed by atoms with E-state index in [4.69, 9.17) is 4.74 Å². The van der Waals surface area contributed by atoms with Crippen LogP contribution < -0.4 is 0 Å².